The first-order chi connectivity index (χ1) is 8.83. The summed E-state index contributed by atoms with van der Waals surface area (Å²) in [5.41, 5.74) is 0. The molecule has 2 aromatic heterocycles. The average Bonchev–Trinajstić information content (AvgIpc) is 2.60. The lowest BCUT2D eigenvalue weighted by molar-refractivity contribution is 0.590. The van der Waals surface area contributed by atoms with Crippen LogP contribution in [0.5, 0.6) is 0 Å². The third-order valence-electron chi connectivity index (χ3n) is 2.85. The summed E-state index contributed by atoms with van der Waals surface area (Å²) < 4.78 is 2.18. The molecule has 0 bridgehead atoms. The van der Waals surface area contributed by atoms with Gasteiger partial charge in [0.15, 0.2) is 5.16 Å². The van der Waals surface area contributed by atoms with Gasteiger partial charge in [-0.1, -0.05) is 18.0 Å². The minimum absolute atomic E-state index is 0.399. The molecule has 1 aliphatic heterocycles. The predicted molar refractivity (Wildman–Crippen MR) is 68.7 cm³/mol. The van der Waals surface area contributed by atoms with E-state index >= 15 is 0 Å². The molecule has 0 spiro atoms. The van der Waals surface area contributed by atoms with Crippen LogP contribution in [0.25, 0.3) is 0 Å². The van der Waals surface area contributed by atoms with Gasteiger partial charge in [0.25, 0.3) is 0 Å². The molecule has 0 radical (unpaired) electrons. The maximum absolute atomic E-state index is 5.82. The van der Waals surface area contributed by atoms with E-state index in [2.05, 4.69) is 24.7 Å². The molecular weight excluding hydrogens is 270 g/mol. The third kappa shape index (κ3) is 2.49. The van der Waals surface area contributed by atoms with Gasteiger partial charge in [0.2, 0.25) is 0 Å². The Morgan fingerprint density at radius 1 is 1.17 bits per heavy atom. The van der Waals surface area contributed by atoms with Crippen LogP contribution in [0.3, 0.4) is 0 Å². The van der Waals surface area contributed by atoms with E-state index in [0.29, 0.717) is 5.15 Å². The Morgan fingerprint density at radius 2 is 2.11 bits per heavy atom. The molecule has 94 valence electrons. The van der Waals surface area contributed by atoms with Gasteiger partial charge in [-0.3, -0.25) is 4.98 Å². The standard InChI is InChI=1S/C11H12ClN5S/c12-8-6-13-7-10(14-8)18-11-16-15-9-4-2-1-3-5-17(9)11/h6-7H,1-5H2. The van der Waals surface area contributed by atoms with Crippen molar-refractivity contribution in [2.45, 2.75) is 42.4 Å². The monoisotopic (exact) mass is 281 g/mol. The molecule has 0 saturated heterocycles. The molecule has 5 nitrogen and oxygen atoms in total. The zero-order valence-corrected chi connectivity index (χ0v) is 11.3. The second-order valence-corrected chi connectivity index (χ2v) is 5.52. The van der Waals surface area contributed by atoms with E-state index in [1.54, 1.807) is 6.20 Å². The first-order valence-corrected chi connectivity index (χ1v) is 7.10. The number of aromatic nitrogens is 5. The van der Waals surface area contributed by atoms with E-state index in [4.69, 9.17) is 11.6 Å². The molecule has 0 N–H and O–H groups in total. The summed E-state index contributed by atoms with van der Waals surface area (Å²) in [4.78, 5) is 8.23. The molecule has 0 aromatic carbocycles. The van der Waals surface area contributed by atoms with Crippen molar-refractivity contribution in [3.63, 3.8) is 0 Å². The minimum Gasteiger partial charge on any atom is -0.306 e. The normalized spacial score (nSPS) is 15.2. The predicted octanol–water partition coefficient (Wildman–Crippen LogP) is 2.60. The zero-order chi connectivity index (χ0) is 12.4. The Labute approximate surface area is 114 Å². The summed E-state index contributed by atoms with van der Waals surface area (Å²) in [5, 5.41) is 10.5. The lowest BCUT2D eigenvalue weighted by atomic mass is 10.2. The molecule has 0 unspecified atom stereocenters. The van der Waals surface area contributed by atoms with Crippen molar-refractivity contribution in [3.8, 4) is 0 Å². The Hall–Kier alpha value is -1.14. The van der Waals surface area contributed by atoms with Crippen LogP contribution >= 0.6 is 23.4 Å². The van der Waals surface area contributed by atoms with Gasteiger partial charge in [0, 0.05) is 13.0 Å². The zero-order valence-electron chi connectivity index (χ0n) is 9.71. The molecule has 7 heteroatoms. The molecule has 0 saturated carbocycles. The van der Waals surface area contributed by atoms with Gasteiger partial charge in [-0.2, -0.15) is 0 Å². The topological polar surface area (TPSA) is 56.5 Å². The SMILES string of the molecule is Clc1cncc(Sc2nnc3n2CCCCC3)n1. The first kappa shape index (κ1) is 11.9. The Kier molecular flexibility index (Phi) is 3.47. The highest BCUT2D eigenvalue weighted by Crippen LogP contribution is 2.27. The Morgan fingerprint density at radius 3 is 3.00 bits per heavy atom. The van der Waals surface area contributed by atoms with Crippen molar-refractivity contribution in [1.82, 2.24) is 24.7 Å². The van der Waals surface area contributed by atoms with Crippen LogP contribution in [0.15, 0.2) is 22.6 Å². The van der Waals surface area contributed by atoms with E-state index < -0.39 is 0 Å². The van der Waals surface area contributed by atoms with Crippen LogP contribution in [-0.2, 0) is 13.0 Å². The highest BCUT2D eigenvalue weighted by atomic mass is 35.5. The van der Waals surface area contributed by atoms with E-state index in [1.807, 2.05) is 0 Å². The maximum atomic E-state index is 5.82. The second kappa shape index (κ2) is 5.24. The lowest BCUT2D eigenvalue weighted by Gasteiger charge is -2.05. The minimum atomic E-state index is 0.399. The van der Waals surface area contributed by atoms with Gasteiger partial charge in [0.05, 0.1) is 12.4 Å². The van der Waals surface area contributed by atoms with Crippen LogP contribution in [0, 0.1) is 0 Å². The van der Waals surface area contributed by atoms with Crippen LogP contribution in [0.1, 0.15) is 25.1 Å². The van der Waals surface area contributed by atoms with Gasteiger partial charge in [-0.15, -0.1) is 10.2 Å². The highest BCUT2D eigenvalue weighted by molar-refractivity contribution is 7.99. The molecule has 0 fully saturated rings. The average molecular weight is 282 g/mol. The molecule has 0 aliphatic carbocycles. The second-order valence-electron chi connectivity index (χ2n) is 4.14. The maximum Gasteiger partial charge on any atom is 0.197 e. The molecule has 3 rings (SSSR count). The van der Waals surface area contributed by atoms with E-state index in [0.717, 1.165) is 29.0 Å². The highest BCUT2D eigenvalue weighted by Gasteiger charge is 2.16. The van der Waals surface area contributed by atoms with E-state index in [1.165, 1.54) is 37.2 Å². The summed E-state index contributed by atoms with van der Waals surface area (Å²) >= 11 is 7.29. The fraction of sp³-hybridized carbons (Fsp3) is 0.455. The van der Waals surface area contributed by atoms with Crippen molar-refractivity contribution in [2.75, 3.05) is 0 Å². The number of halogens is 1. The largest absolute Gasteiger partial charge is 0.306 e. The van der Waals surface area contributed by atoms with E-state index in [9.17, 15) is 0 Å². The van der Waals surface area contributed by atoms with Gasteiger partial charge >= 0.3 is 0 Å². The Balaban J connectivity index is 1.87. The van der Waals surface area contributed by atoms with E-state index in [-0.39, 0.29) is 0 Å². The quantitative estimate of drug-likeness (QED) is 0.847. The summed E-state index contributed by atoms with van der Waals surface area (Å²) in [7, 11) is 0. The molecule has 2 aromatic rings. The van der Waals surface area contributed by atoms with Crippen molar-refractivity contribution < 1.29 is 0 Å². The number of hydrogen-bond acceptors (Lipinski definition) is 5. The Bertz CT molecular complexity index is 556. The molecule has 1 aliphatic rings. The summed E-state index contributed by atoms with van der Waals surface area (Å²) in [6, 6.07) is 0. The number of rotatable bonds is 2. The van der Waals surface area contributed by atoms with Crippen LogP contribution < -0.4 is 0 Å². The summed E-state index contributed by atoms with van der Waals surface area (Å²) in [5.74, 6) is 1.07. The number of aryl methyl sites for hydroxylation is 1. The van der Waals surface area contributed by atoms with Crippen LogP contribution in [0.4, 0.5) is 0 Å². The molecule has 0 atom stereocenters. The van der Waals surface area contributed by atoms with Crippen LogP contribution in [0.2, 0.25) is 5.15 Å². The third-order valence-corrected chi connectivity index (χ3v) is 3.93. The molecule has 0 amide bonds. The van der Waals surface area contributed by atoms with Gasteiger partial charge < -0.3 is 4.57 Å². The van der Waals surface area contributed by atoms with Crippen molar-refractivity contribution in [2.24, 2.45) is 0 Å². The van der Waals surface area contributed by atoms with Crippen LogP contribution in [-0.4, -0.2) is 24.7 Å². The van der Waals surface area contributed by atoms with Gasteiger partial charge in [0.1, 0.15) is 16.0 Å². The molecule has 3 heterocycles. The van der Waals surface area contributed by atoms with Crippen molar-refractivity contribution in [3.05, 3.63) is 23.4 Å². The van der Waals surface area contributed by atoms with Gasteiger partial charge in [-0.05, 0) is 24.6 Å². The van der Waals surface area contributed by atoms with Crippen molar-refractivity contribution in [1.29, 1.82) is 0 Å². The smallest absolute Gasteiger partial charge is 0.197 e. The molecular formula is C11H12ClN5S. The summed E-state index contributed by atoms with van der Waals surface area (Å²) in [6.45, 7) is 0.985. The molecule has 18 heavy (non-hydrogen) atoms. The fourth-order valence-corrected chi connectivity index (χ4v) is 3.03. The summed E-state index contributed by atoms with van der Waals surface area (Å²) in [6.07, 6.45) is 7.85. The number of nitrogens with zero attached hydrogens (tertiary/aromatic N) is 5. The lowest BCUT2D eigenvalue weighted by Crippen LogP contribution is -2.02. The first-order valence-electron chi connectivity index (χ1n) is 5.90. The number of fused-ring (bicyclic) bond motifs is 1. The van der Waals surface area contributed by atoms with Crippen molar-refractivity contribution >= 4 is 23.4 Å². The fourth-order valence-electron chi connectivity index (χ4n) is 2.00. The number of hydrogen-bond donors (Lipinski definition) is 0. The van der Waals surface area contributed by atoms with Gasteiger partial charge in [-0.25, -0.2) is 4.98 Å².